The lowest BCUT2D eigenvalue weighted by atomic mass is 10.1. The summed E-state index contributed by atoms with van der Waals surface area (Å²) in [4.78, 5) is 0. The molecule has 0 saturated heterocycles. The number of rotatable bonds is 5. The number of benzene rings is 1. The van der Waals surface area contributed by atoms with E-state index in [1.54, 1.807) is 6.26 Å². The van der Waals surface area contributed by atoms with Crippen molar-refractivity contribution in [2.24, 2.45) is 0 Å². The van der Waals surface area contributed by atoms with Gasteiger partial charge in [0.15, 0.2) is 0 Å². The Morgan fingerprint density at radius 1 is 1.29 bits per heavy atom. The molecule has 76 valence electrons. The van der Waals surface area contributed by atoms with Crippen LogP contribution < -0.4 is 0 Å². The van der Waals surface area contributed by atoms with E-state index in [-0.39, 0.29) is 0 Å². The largest absolute Gasteiger partial charge is 0.499 e. The molecule has 1 aromatic rings. The van der Waals surface area contributed by atoms with Crippen molar-refractivity contribution in [3.05, 3.63) is 48.2 Å². The van der Waals surface area contributed by atoms with Crippen LogP contribution in [-0.2, 0) is 11.2 Å². The Morgan fingerprint density at radius 2 is 2.00 bits per heavy atom. The molecule has 0 heterocycles. The maximum absolute atomic E-state index is 5.43. The minimum atomic E-state index is 0.298. The second-order valence-electron chi connectivity index (χ2n) is 3.44. The molecule has 0 aliphatic carbocycles. The number of allylic oxidation sites excluding steroid dienone is 1. The van der Waals surface area contributed by atoms with Gasteiger partial charge in [-0.3, -0.25) is 0 Å². The van der Waals surface area contributed by atoms with Gasteiger partial charge in [-0.1, -0.05) is 36.4 Å². The highest BCUT2D eigenvalue weighted by Gasteiger charge is 2.00. The molecule has 0 aliphatic heterocycles. The summed E-state index contributed by atoms with van der Waals surface area (Å²) in [5.41, 5.74) is 1.38. The quantitative estimate of drug-likeness (QED) is 0.645. The first-order chi connectivity index (χ1) is 6.83. The molecule has 0 aromatic heterocycles. The Labute approximate surface area is 86.4 Å². The van der Waals surface area contributed by atoms with Gasteiger partial charge in [-0.2, -0.15) is 0 Å². The Balaban J connectivity index is 2.27. The topological polar surface area (TPSA) is 9.23 Å². The van der Waals surface area contributed by atoms with Crippen molar-refractivity contribution in [3.8, 4) is 0 Å². The summed E-state index contributed by atoms with van der Waals surface area (Å²) in [5.74, 6) is 0. The van der Waals surface area contributed by atoms with Crippen LogP contribution in [0.1, 0.15) is 25.8 Å². The van der Waals surface area contributed by atoms with Gasteiger partial charge in [-0.25, -0.2) is 0 Å². The highest BCUT2D eigenvalue weighted by Crippen LogP contribution is 2.07. The Kier molecular flexibility index (Phi) is 4.84. The van der Waals surface area contributed by atoms with Crippen LogP contribution in [0.5, 0.6) is 0 Å². The number of aryl methyl sites for hydroxylation is 1. The molecule has 0 spiro atoms. The van der Waals surface area contributed by atoms with Crippen molar-refractivity contribution in [1.29, 1.82) is 0 Å². The summed E-state index contributed by atoms with van der Waals surface area (Å²) < 4.78 is 5.43. The molecule has 14 heavy (non-hydrogen) atoms. The van der Waals surface area contributed by atoms with Crippen LogP contribution in [0.25, 0.3) is 0 Å². The number of ether oxygens (including phenoxy) is 1. The lowest BCUT2D eigenvalue weighted by Crippen LogP contribution is -2.05. The standard InChI is InChI=1S/C13H18O/c1-3-11-14-12(2)9-10-13-7-5-4-6-8-13/h3-8,11-12H,9-10H2,1-2H3. The molecular formula is C13H18O. The van der Waals surface area contributed by atoms with E-state index in [0.717, 1.165) is 12.8 Å². The molecule has 1 nitrogen and oxygen atoms in total. The van der Waals surface area contributed by atoms with E-state index >= 15 is 0 Å². The van der Waals surface area contributed by atoms with Gasteiger partial charge in [0.25, 0.3) is 0 Å². The van der Waals surface area contributed by atoms with E-state index in [1.807, 2.05) is 19.1 Å². The lowest BCUT2D eigenvalue weighted by Gasteiger charge is -2.10. The molecule has 1 heteroatoms. The fraction of sp³-hybridized carbons (Fsp3) is 0.385. The first kappa shape index (κ1) is 10.8. The van der Waals surface area contributed by atoms with Crippen molar-refractivity contribution < 1.29 is 4.74 Å². The second-order valence-corrected chi connectivity index (χ2v) is 3.44. The molecule has 0 radical (unpaired) electrons. The van der Waals surface area contributed by atoms with Crippen LogP contribution in [0.3, 0.4) is 0 Å². The van der Waals surface area contributed by atoms with Gasteiger partial charge >= 0.3 is 0 Å². The fourth-order valence-electron chi connectivity index (χ4n) is 1.30. The SMILES string of the molecule is CC=COC(C)CCc1ccccc1. The molecule has 1 rings (SSSR count). The van der Waals surface area contributed by atoms with Crippen molar-refractivity contribution in [3.63, 3.8) is 0 Å². The Bertz CT molecular complexity index is 264. The molecule has 1 atom stereocenters. The summed E-state index contributed by atoms with van der Waals surface area (Å²) in [5, 5.41) is 0. The first-order valence-electron chi connectivity index (χ1n) is 5.13. The van der Waals surface area contributed by atoms with Crippen molar-refractivity contribution >= 4 is 0 Å². The highest BCUT2D eigenvalue weighted by molar-refractivity contribution is 5.14. The normalized spacial score (nSPS) is 13.0. The third kappa shape index (κ3) is 4.13. The molecular weight excluding hydrogens is 172 g/mol. The van der Waals surface area contributed by atoms with Crippen LogP contribution in [0.2, 0.25) is 0 Å². The maximum atomic E-state index is 5.43. The van der Waals surface area contributed by atoms with Crippen LogP contribution in [0, 0.1) is 0 Å². The minimum Gasteiger partial charge on any atom is -0.499 e. The van der Waals surface area contributed by atoms with Crippen molar-refractivity contribution in [2.75, 3.05) is 0 Å². The monoisotopic (exact) mass is 190 g/mol. The smallest absolute Gasteiger partial charge is 0.0953 e. The summed E-state index contributed by atoms with van der Waals surface area (Å²) in [6.45, 7) is 4.06. The number of hydrogen-bond acceptors (Lipinski definition) is 1. The molecule has 0 saturated carbocycles. The third-order valence-corrected chi connectivity index (χ3v) is 2.13. The molecule has 0 fully saturated rings. The zero-order chi connectivity index (χ0) is 10.2. The van der Waals surface area contributed by atoms with E-state index in [2.05, 4.69) is 31.2 Å². The van der Waals surface area contributed by atoms with Gasteiger partial charge in [-0.15, -0.1) is 0 Å². The molecule has 0 bridgehead atoms. The molecule has 1 aromatic carbocycles. The lowest BCUT2D eigenvalue weighted by molar-refractivity contribution is 0.153. The van der Waals surface area contributed by atoms with E-state index in [1.165, 1.54) is 5.56 Å². The van der Waals surface area contributed by atoms with Crippen molar-refractivity contribution in [1.82, 2.24) is 0 Å². The first-order valence-corrected chi connectivity index (χ1v) is 5.13. The van der Waals surface area contributed by atoms with Gasteiger partial charge < -0.3 is 4.74 Å². The molecule has 0 amide bonds. The van der Waals surface area contributed by atoms with E-state index in [9.17, 15) is 0 Å². The van der Waals surface area contributed by atoms with Crippen LogP contribution in [0.4, 0.5) is 0 Å². The Hall–Kier alpha value is -1.24. The van der Waals surface area contributed by atoms with E-state index in [4.69, 9.17) is 4.74 Å². The van der Waals surface area contributed by atoms with Crippen LogP contribution >= 0.6 is 0 Å². The van der Waals surface area contributed by atoms with E-state index in [0.29, 0.717) is 6.10 Å². The second kappa shape index (κ2) is 6.25. The van der Waals surface area contributed by atoms with Gasteiger partial charge in [0.05, 0.1) is 12.4 Å². The average molecular weight is 190 g/mol. The predicted octanol–water partition coefficient (Wildman–Crippen LogP) is 3.56. The highest BCUT2D eigenvalue weighted by atomic mass is 16.5. The van der Waals surface area contributed by atoms with E-state index < -0.39 is 0 Å². The van der Waals surface area contributed by atoms with Crippen LogP contribution in [0.15, 0.2) is 42.7 Å². The van der Waals surface area contributed by atoms with Gasteiger partial charge in [0, 0.05) is 0 Å². The number of hydrogen-bond donors (Lipinski definition) is 0. The summed E-state index contributed by atoms with van der Waals surface area (Å²) in [6.07, 6.45) is 6.12. The summed E-state index contributed by atoms with van der Waals surface area (Å²) >= 11 is 0. The van der Waals surface area contributed by atoms with Gasteiger partial charge in [0.2, 0.25) is 0 Å². The minimum absolute atomic E-state index is 0.298. The summed E-state index contributed by atoms with van der Waals surface area (Å²) in [6, 6.07) is 10.5. The van der Waals surface area contributed by atoms with Gasteiger partial charge in [-0.05, 0) is 32.3 Å². The maximum Gasteiger partial charge on any atom is 0.0953 e. The third-order valence-electron chi connectivity index (χ3n) is 2.13. The zero-order valence-electron chi connectivity index (χ0n) is 8.94. The fourth-order valence-corrected chi connectivity index (χ4v) is 1.30. The average Bonchev–Trinajstić information content (AvgIpc) is 2.25. The van der Waals surface area contributed by atoms with Crippen molar-refractivity contribution in [2.45, 2.75) is 32.8 Å². The molecule has 0 aliphatic rings. The Morgan fingerprint density at radius 3 is 2.64 bits per heavy atom. The molecule has 0 N–H and O–H groups in total. The molecule has 1 unspecified atom stereocenters. The van der Waals surface area contributed by atoms with Crippen LogP contribution in [-0.4, -0.2) is 6.10 Å². The predicted molar refractivity (Wildman–Crippen MR) is 60.1 cm³/mol. The zero-order valence-corrected chi connectivity index (χ0v) is 8.94. The van der Waals surface area contributed by atoms with Gasteiger partial charge in [0.1, 0.15) is 0 Å². The summed E-state index contributed by atoms with van der Waals surface area (Å²) in [7, 11) is 0.